The highest BCUT2D eigenvalue weighted by Crippen LogP contribution is 2.26. The normalized spacial score (nSPS) is 17.5. The molecule has 1 saturated heterocycles. The van der Waals surface area contributed by atoms with Crippen LogP contribution in [-0.2, 0) is 16.0 Å². The van der Waals surface area contributed by atoms with E-state index in [4.69, 9.17) is 0 Å². The van der Waals surface area contributed by atoms with Gasteiger partial charge in [-0.05, 0) is 24.1 Å². The number of amides is 2. The first-order valence-corrected chi connectivity index (χ1v) is 8.51. The Balaban J connectivity index is 1.66. The van der Waals surface area contributed by atoms with Crippen LogP contribution in [0.3, 0.4) is 0 Å². The molecule has 0 bridgehead atoms. The quantitative estimate of drug-likeness (QED) is 0.914. The first kappa shape index (κ1) is 15.6. The molecule has 0 saturated carbocycles. The van der Waals surface area contributed by atoms with Gasteiger partial charge >= 0.3 is 0 Å². The summed E-state index contributed by atoms with van der Waals surface area (Å²) < 4.78 is 0. The van der Waals surface area contributed by atoms with Crippen molar-refractivity contribution >= 4 is 34.0 Å². The minimum Gasteiger partial charge on any atom is -0.312 e. The van der Waals surface area contributed by atoms with Crippen molar-refractivity contribution in [3.8, 4) is 0 Å². The molecule has 23 heavy (non-hydrogen) atoms. The van der Waals surface area contributed by atoms with Crippen LogP contribution in [0.5, 0.6) is 0 Å². The number of hydrogen-bond acceptors (Lipinski definition) is 5. The number of rotatable bonds is 5. The van der Waals surface area contributed by atoms with Crippen molar-refractivity contribution in [3.05, 3.63) is 35.3 Å². The Morgan fingerprint density at radius 1 is 1.39 bits per heavy atom. The molecule has 0 aliphatic carbocycles. The largest absolute Gasteiger partial charge is 0.312 e. The molecule has 1 fully saturated rings. The second-order valence-corrected chi connectivity index (χ2v) is 6.39. The maximum Gasteiger partial charge on any atom is 0.231 e. The molecule has 1 aromatic carbocycles. The van der Waals surface area contributed by atoms with Gasteiger partial charge in [-0.1, -0.05) is 36.8 Å². The minimum atomic E-state index is -0.360. The molecule has 6 nitrogen and oxygen atoms in total. The van der Waals surface area contributed by atoms with Crippen LogP contribution in [0.25, 0.3) is 0 Å². The van der Waals surface area contributed by atoms with Gasteiger partial charge in [0.25, 0.3) is 0 Å². The van der Waals surface area contributed by atoms with Gasteiger partial charge in [-0.3, -0.25) is 9.59 Å². The summed E-state index contributed by atoms with van der Waals surface area (Å²) in [7, 11) is 0. The maximum atomic E-state index is 12.2. The molecular weight excluding hydrogens is 312 g/mol. The lowest BCUT2D eigenvalue weighted by atomic mass is 10.1. The number of hydrogen-bond donors (Lipinski definition) is 1. The van der Waals surface area contributed by atoms with E-state index in [1.54, 1.807) is 10.4 Å². The van der Waals surface area contributed by atoms with Crippen molar-refractivity contribution in [3.63, 3.8) is 0 Å². The number of aromatic nitrogens is 2. The van der Waals surface area contributed by atoms with Crippen LogP contribution in [0.2, 0.25) is 0 Å². The van der Waals surface area contributed by atoms with Gasteiger partial charge in [0.1, 0.15) is 5.51 Å². The summed E-state index contributed by atoms with van der Waals surface area (Å²) in [6.07, 6.45) is 2.35. The Morgan fingerprint density at radius 2 is 2.17 bits per heavy atom. The van der Waals surface area contributed by atoms with Crippen LogP contribution in [0.4, 0.5) is 10.8 Å². The van der Waals surface area contributed by atoms with E-state index >= 15 is 0 Å². The highest BCUT2D eigenvalue weighted by Gasteiger charge is 2.35. The highest BCUT2D eigenvalue weighted by atomic mass is 32.1. The van der Waals surface area contributed by atoms with Crippen LogP contribution in [-0.4, -0.2) is 28.6 Å². The van der Waals surface area contributed by atoms with Gasteiger partial charge in [0.2, 0.25) is 16.9 Å². The van der Waals surface area contributed by atoms with Crippen molar-refractivity contribution in [2.75, 3.05) is 16.8 Å². The van der Waals surface area contributed by atoms with E-state index in [2.05, 4.69) is 22.4 Å². The summed E-state index contributed by atoms with van der Waals surface area (Å²) in [5.41, 5.74) is 3.66. The zero-order valence-corrected chi connectivity index (χ0v) is 13.7. The summed E-state index contributed by atoms with van der Waals surface area (Å²) in [5, 5.41) is 10.6. The third-order valence-electron chi connectivity index (χ3n) is 3.87. The fraction of sp³-hybridized carbons (Fsp3) is 0.375. The van der Waals surface area contributed by atoms with Gasteiger partial charge < -0.3 is 10.2 Å². The van der Waals surface area contributed by atoms with Gasteiger partial charge in [0.15, 0.2) is 0 Å². The average Bonchev–Trinajstić information content (AvgIpc) is 3.18. The molecule has 3 rings (SSSR count). The van der Waals surface area contributed by atoms with E-state index in [0.717, 1.165) is 18.5 Å². The number of carbonyl (C=O) groups is 2. The summed E-state index contributed by atoms with van der Waals surface area (Å²) in [5.74, 6) is -0.562. The Bertz CT molecular complexity index is 685. The zero-order chi connectivity index (χ0) is 16.2. The fourth-order valence-corrected chi connectivity index (χ4v) is 3.15. The van der Waals surface area contributed by atoms with E-state index in [1.165, 1.54) is 16.9 Å². The molecule has 1 aliphatic heterocycles. The van der Waals surface area contributed by atoms with Crippen molar-refractivity contribution < 1.29 is 9.59 Å². The summed E-state index contributed by atoms with van der Waals surface area (Å²) in [6, 6.07) is 7.99. The topological polar surface area (TPSA) is 75.2 Å². The van der Waals surface area contributed by atoms with Crippen molar-refractivity contribution in [1.82, 2.24) is 10.2 Å². The Kier molecular flexibility index (Phi) is 4.66. The van der Waals surface area contributed by atoms with Crippen LogP contribution < -0.4 is 10.2 Å². The van der Waals surface area contributed by atoms with E-state index in [0.29, 0.717) is 11.7 Å². The molecule has 0 unspecified atom stereocenters. The second-order valence-electron chi connectivity index (χ2n) is 5.55. The molecule has 7 heteroatoms. The van der Waals surface area contributed by atoms with Gasteiger partial charge in [-0.15, -0.1) is 10.2 Å². The SMILES string of the molecule is CCCc1ccc(N2C[C@@H](C(=O)Nc3nncs3)CC2=O)cc1. The number of aryl methyl sites for hydroxylation is 1. The Labute approximate surface area is 138 Å². The number of carbonyl (C=O) groups excluding carboxylic acids is 2. The molecule has 2 heterocycles. The van der Waals surface area contributed by atoms with Gasteiger partial charge in [0.05, 0.1) is 5.92 Å². The standard InChI is InChI=1S/C16H18N4O2S/c1-2-3-11-4-6-13(7-5-11)20-9-12(8-14(20)21)15(22)18-16-19-17-10-23-16/h4-7,10,12H,2-3,8-9H2,1H3,(H,18,19,22)/t12-/m0/s1. The Morgan fingerprint density at radius 3 is 2.83 bits per heavy atom. The summed E-state index contributed by atoms with van der Waals surface area (Å²) in [4.78, 5) is 26.1. The molecule has 1 N–H and O–H groups in total. The first-order chi connectivity index (χ1) is 11.2. The van der Waals surface area contributed by atoms with Crippen LogP contribution in [0.15, 0.2) is 29.8 Å². The summed E-state index contributed by atoms with van der Waals surface area (Å²) in [6.45, 7) is 2.54. The van der Waals surface area contributed by atoms with Gasteiger partial charge in [-0.2, -0.15) is 0 Å². The van der Waals surface area contributed by atoms with E-state index in [9.17, 15) is 9.59 Å². The predicted molar refractivity (Wildman–Crippen MR) is 89.4 cm³/mol. The Hall–Kier alpha value is -2.28. The van der Waals surface area contributed by atoms with Crippen LogP contribution in [0, 0.1) is 5.92 Å². The molecule has 2 amide bonds. The minimum absolute atomic E-state index is 0.0225. The lowest BCUT2D eigenvalue weighted by Gasteiger charge is -2.17. The third kappa shape index (κ3) is 3.56. The zero-order valence-electron chi connectivity index (χ0n) is 12.9. The number of benzene rings is 1. The number of nitrogens with zero attached hydrogens (tertiary/aromatic N) is 3. The van der Waals surface area contributed by atoms with Crippen LogP contribution >= 0.6 is 11.3 Å². The fourth-order valence-electron chi connectivity index (χ4n) is 2.70. The summed E-state index contributed by atoms with van der Waals surface area (Å²) >= 11 is 1.26. The molecule has 1 aromatic heterocycles. The van der Waals surface area contributed by atoms with E-state index in [-0.39, 0.29) is 24.2 Å². The first-order valence-electron chi connectivity index (χ1n) is 7.63. The molecular formula is C16H18N4O2S. The monoisotopic (exact) mass is 330 g/mol. The van der Waals surface area contributed by atoms with Gasteiger partial charge in [0, 0.05) is 18.7 Å². The average molecular weight is 330 g/mol. The maximum absolute atomic E-state index is 12.2. The van der Waals surface area contributed by atoms with E-state index < -0.39 is 0 Å². The number of anilines is 2. The molecule has 2 aromatic rings. The molecule has 1 aliphatic rings. The van der Waals surface area contributed by atoms with E-state index in [1.807, 2.05) is 24.3 Å². The lowest BCUT2D eigenvalue weighted by molar-refractivity contribution is -0.122. The highest BCUT2D eigenvalue weighted by molar-refractivity contribution is 7.13. The molecule has 0 spiro atoms. The van der Waals surface area contributed by atoms with Crippen molar-refractivity contribution in [2.24, 2.45) is 5.92 Å². The number of nitrogens with one attached hydrogen (secondary N) is 1. The van der Waals surface area contributed by atoms with Gasteiger partial charge in [-0.25, -0.2) is 0 Å². The van der Waals surface area contributed by atoms with Crippen LogP contribution in [0.1, 0.15) is 25.3 Å². The smallest absolute Gasteiger partial charge is 0.231 e. The molecule has 120 valence electrons. The molecule has 0 radical (unpaired) electrons. The predicted octanol–water partition coefficient (Wildman–Crippen LogP) is 2.48. The van der Waals surface area contributed by atoms with Crippen molar-refractivity contribution in [1.29, 1.82) is 0 Å². The second kappa shape index (κ2) is 6.87. The lowest BCUT2D eigenvalue weighted by Crippen LogP contribution is -2.28. The molecule has 1 atom stereocenters. The van der Waals surface area contributed by atoms with Crippen molar-refractivity contribution in [2.45, 2.75) is 26.2 Å². The third-order valence-corrected chi connectivity index (χ3v) is 4.48.